The van der Waals surface area contributed by atoms with Gasteiger partial charge in [0.1, 0.15) is 0 Å². The largest absolute Gasteiger partial charge is 0.417 e. The predicted molar refractivity (Wildman–Crippen MR) is 59.5 cm³/mol. The van der Waals surface area contributed by atoms with Crippen molar-refractivity contribution in [1.82, 2.24) is 10.3 Å². The molecule has 0 spiro atoms. The van der Waals surface area contributed by atoms with E-state index in [0.29, 0.717) is 17.5 Å². The number of alkyl halides is 3. The van der Waals surface area contributed by atoms with Gasteiger partial charge in [-0.25, -0.2) is 4.79 Å². The number of halogens is 3. The normalized spacial score (nSPS) is 12.2. The minimum atomic E-state index is -4.20. The summed E-state index contributed by atoms with van der Waals surface area (Å²) in [4.78, 5) is 13.4. The SMILES string of the molecule is O=c1[nH]c2ccc(CCNCC(F)(F)F)cc2o1. The summed E-state index contributed by atoms with van der Waals surface area (Å²) in [6.07, 6.45) is -3.77. The van der Waals surface area contributed by atoms with Crippen LogP contribution in [0.2, 0.25) is 0 Å². The van der Waals surface area contributed by atoms with E-state index in [1.807, 2.05) is 0 Å². The van der Waals surface area contributed by atoms with Crippen molar-refractivity contribution in [2.24, 2.45) is 0 Å². The molecule has 0 radical (unpaired) electrons. The summed E-state index contributed by atoms with van der Waals surface area (Å²) in [5, 5.41) is 2.30. The van der Waals surface area contributed by atoms with Crippen molar-refractivity contribution < 1.29 is 17.6 Å². The maximum atomic E-state index is 11.9. The van der Waals surface area contributed by atoms with Gasteiger partial charge in [-0.3, -0.25) is 4.98 Å². The van der Waals surface area contributed by atoms with E-state index in [1.165, 1.54) is 0 Å². The zero-order chi connectivity index (χ0) is 13.2. The predicted octanol–water partition coefficient (Wildman–Crippen LogP) is 1.82. The second-order valence-electron chi connectivity index (χ2n) is 3.89. The van der Waals surface area contributed by atoms with Gasteiger partial charge in [0.2, 0.25) is 0 Å². The van der Waals surface area contributed by atoms with Gasteiger partial charge in [-0.05, 0) is 30.7 Å². The molecule has 0 amide bonds. The molecular weight excluding hydrogens is 249 g/mol. The van der Waals surface area contributed by atoms with Crippen LogP contribution in [0.5, 0.6) is 0 Å². The van der Waals surface area contributed by atoms with E-state index in [4.69, 9.17) is 4.42 Å². The van der Waals surface area contributed by atoms with Crippen molar-refractivity contribution in [2.45, 2.75) is 12.6 Å². The molecule has 98 valence electrons. The Labute approximate surface area is 99.8 Å². The van der Waals surface area contributed by atoms with Gasteiger partial charge in [0, 0.05) is 0 Å². The number of oxazole rings is 1. The van der Waals surface area contributed by atoms with Crippen molar-refractivity contribution in [3.05, 3.63) is 34.3 Å². The van der Waals surface area contributed by atoms with Crippen molar-refractivity contribution in [3.8, 4) is 0 Å². The monoisotopic (exact) mass is 260 g/mol. The maximum Gasteiger partial charge on any atom is 0.417 e. The quantitative estimate of drug-likeness (QED) is 0.824. The zero-order valence-corrected chi connectivity index (χ0v) is 9.30. The first kappa shape index (κ1) is 12.7. The Balaban J connectivity index is 1.93. The molecule has 1 heterocycles. The standard InChI is InChI=1S/C11H11F3N2O2/c12-11(13,14)6-15-4-3-7-1-2-8-9(5-7)18-10(17)16-8/h1-2,5,15H,3-4,6H2,(H,16,17). The van der Waals surface area contributed by atoms with Gasteiger partial charge in [0.15, 0.2) is 5.58 Å². The zero-order valence-electron chi connectivity index (χ0n) is 9.30. The second kappa shape index (κ2) is 4.85. The molecule has 0 aliphatic carbocycles. The summed E-state index contributed by atoms with van der Waals surface area (Å²) in [6, 6.07) is 5.05. The maximum absolute atomic E-state index is 11.9. The number of H-pyrrole nitrogens is 1. The van der Waals surface area contributed by atoms with Crippen LogP contribution < -0.4 is 11.1 Å². The van der Waals surface area contributed by atoms with Crippen LogP contribution in [0.3, 0.4) is 0 Å². The van der Waals surface area contributed by atoms with E-state index in [0.717, 1.165) is 5.56 Å². The van der Waals surface area contributed by atoms with Gasteiger partial charge in [-0.15, -0.1) is 0 Å². The van der Waals surface area contributed by atoms with Gasteiger partial charge in [-0.2, -0.15) is 13.2 Å². The van der Waals surface area contributed by atoms with E-state index in [-0.39, 0.29) is 6.54 Å². The number of aromatic amines is 1. The van der Waals surface area contributed by atoms with Crippen molar-refractivity contribution in [1.29, 1.82) is 0 Å². The van der Waals surface area contributed by atoms with Crippen LogP contribution in [0.25, 0.3) is 11.1 Å². The van der Waals surface area contributed by atoms with Crippen LogP contribution in [0.1, 0.15) is 5.56 Å². The summed E-state index contributed by atoms with van der Waals surface area (Å²) in [5.41, 5.74) is 1.79. The summed E-state index contributed by atoms with van der Waals surface area (Å²) in [7, 11) is 0. The Bertz CT molecular complexity index is 586. The molecule has 0 saturated heterocycles. The van der Waals surface area contributed by atoms with Crippen LogP contribution >= 0.6 is 0 Å². The average molecular weight is 260 g/mol. The number of rotatable bonds is 4. The molecule has 7 heteroatoms. The minimum absolute atomic E-state index is 0.208. The third kappa shape index (κ3) is 3.36. The topological polar surface area (TPSA) is 58.0 Å². The molecule has 2 aromatic rings. The first-order valence-corrected chi connectivity index (χ1v) is 5.33. The summed E-state index contributed by atoms with van der Waals surface area (Å²) < 4.78 is 40.5. The van der Waals surface area contributed by atoms with Crippen LogP contribution in [0.15, 0.2) is 27.4 Å². The molecule has 0 atom stereocenters. The highest BCUT2D eigenvalue weighted by Gasteiger charge is 2.25. The van der Waals surface area contributed by atoms with Crippen LogP contribution in [0.4, 0.5) is 13.2 Å². The highest BCUT2D eigenvalue weighted by Crippen LogP contribution is 2.14. The Morgan fingerprint density at radius 3 is 2.83 bits per heavy atom. The molecule has 0 bridgehead atoms. The van der Waals surface area contributed by atoms with E-state index in [1.54, 1.807) is 18.2 Å². The average Bonchev–Trinajstić information content (AvgIpc) is 2.62. The molecular formula is C11H11F3N2O2. The number of nitrogens with one attached hydrogen (secondary N) is 2. The van der Waals surface area contributed by atoms with Gasteiger partial charge in [0.25, 0.3) is 0 Å². The lowest BCUT2D eigenvalue weighted by atomic mass is 10.1. The smallest absolute Gasteiger partial charge is 0.408 e. The fourth-order valence-electron chi connectivity index (χ4n) is 1.61. The molecule has 2 rings (SSSR count). The van der Waals surface area contributed by atoms with Crippen molar-refractivity contribution in [3.63, 3.8) is 0 Å². The summed E-state index contributed by atoms with van der Waals surface area (Å²) in [6.45, 7) is -0.797. The van der Waals surface area contributed by atoms with Crippen molar-refractivity contribution >= 4 is 11.1 Å². The Kier molecular flexibility index (Phi) is 3.42. The highest BCUT2D eigenvalue weighted by atomic mass is 19.4. The first-order valence-electron chi connectivity index (χ1n) is 5.33. The number of benzene rings is 1. The fraction of sp³-hybridized carbons (Fsp3) is 0.364. The Hall–Kier alpha value is -1.76. The molecule has 1 aromatic carbocycles. The van der Waals surface area contributed by atoms with Crippen LogP contribution in [-0.2, 0) is 6.42 Å². The number of hydrogen-bond donors (Lipinski definition) is 2. The summed E-state index contributed by atoms with van der Waals surface area (Å²) >= 11 is 0. The molecule has 18 heavy (non-hydrogen) atoms. The number of hydrogen-bond acceptors (Lipinski definition) is 3. The Morgan fingerprint density at radius 2 is 2.11 bits per heavy atom. The van der Waals surface area contributed by atoms with Crippen LogP contribution in [0, 0.1) is 0 Å². The molecule has 0 fully saturated rings. The molecule has 1 aromatic heterocycles. The second-order valence-corrected chi connectivity index (χ2v) is 3.89. The molecule has 0 aliphatic heterocycles. The van der Waals surface area contributed by atoms with Gasteiger partial charge < -0.3 is 9.73 Å². The highest BCUT2D eigenvalue weighted by molar-refractivity contribution is 5.72. The number of fused-ring (bicyclic) bond motifs is 1. The molecule has 0 unspecified atom stereocenters. The fourth-order valence-corrected chi connectivity index (χ4v) is 1.61. The third-order valence-electron chi connectivity index (χ3n) is 2.40. The van der Waals surface area contributed by atoms with Crippen LogP contribution in [-0.4, -0.2) is 24.2 Å². The van der Waals surface area contributed by atoms with Gasteiger partial charge in [0.05, 0.1) is 12.1 Å². The molecule has 0 saturated carbocycles. The lowest BCUT2D eigenvalue weighted by molar-refractivity contribution is -0.124. The minimum Gasteiger partial charge on any atom is -0.408 e. The number of aromatic nitrogens is 1. The van der Waals surface area contributed by atoms with E-state index >= 15 is 0 Å². The van der Waals surface area contributed by atoms with E-state index in [9.17, 15) is 18.0 Å². The molecule has 4 nitrogen and oxygen atoms in total. The molecule has 2 N–H and O–H groups in total. The van der Waals surface area contributed by atoms with E-state index < -0.39 is 18.5 Å². The van der Waals surface area contributed by atoms with Crippen molar-refractivity contribution in [2.75, 3.05) is 13.1 Å². The lowest BCUT2D eigenvalue weighted by Gasteiger charge is -2.07. The Morgan fingerprint density at radius 1 is 1.33 bits per heavy atom. The molecule has 0 aliphatic rings. The summed E-state index contributed by atoms with van der Waals surface area (Å²) in [5.74, 6) is -0.544. The first-order chi connectivity index (χ1) is 8.44. The van der Waals surface area contributed by atoms with Gasteiger partial charge >= 0.3 is 11.9 Å². The van der Waals surface area contributed by atoms with Gasteiger partial charge in [-0.1, -0.05) is 6.07 Å². The van der Waals surface area contributed by atoms with E-state index in [2.05, 4.69) is 10.3 Å². The lowest BCUT2D eigenvalue weighted by Crippen LogP contribution is -2.30. The third-order valence-corrected chi connectivity index (χ3v) is 2.40.